The highest BCUT2D eigenvalue weighted by Crippen LogP contribution is 2.29. The van der Waals surface area contributed by atoms with Gasteiger partial charge < -0.3 is 5.32 Å². The highest BCUT2D eigenvalue weighted by Gasteiger charge is 2.37. The zero-order chi connectivity index (χ0) is 18.0. The van der Waals surface area contributed by atoms with Crippen molar-refractivity contribution in [3.8, 4) is 0 Å². The molecule has 0 bridgehead atoms. The topological polar surface area (TPSA) is 104 Å². The first-order valence-electron chi connectivity index (χ1n) is 9.16. The van der Waals surface area contributed by atoms with Crippen molar-refractivity contribution in [3.05, 3.63) is 17.0 Å². The van der Waals surface area contributed by atoms with Crippen LogP contribution in [0.3, 0.4) is 0 Å². The Hall–Kier alpha value is -1.41. The maximum absolute atomic E-state index is 12.2. The van der Waals surface area contributed by atoms with E-state index >= 15 is 0 Å². The first-order chi connectivity index (χ1) is 11.8. The molecule has 7 nitrogen and oxygen atoms in total. The normalized spacial score (nSPS) is 24.2. The van der Waals surface area contributed by atoms with E-state index < -0.39 is 10.0 Å². The molecule has 1 aromatic heterocycles. The molecule has 140 valence electrons. The lowest BCUT2D eigenvalue weighted by Crippen LogP contribution is -2.46. The van der Waals surface area contributed by atoms with Crippen molar-refractivity contribution in [3.63, 3.8) is 0 Å². The van der Waals surface area contributed by atoms with E-state index in [1.165, 1.54) is 0 Å². The molecule has 1 aromatic rings. The molecule has 8 heteroatoms. The number of nitrogens with zero attached hydrogens (tertiary/aromatic N) is 1. The van der Waals surface area contributed by atoms with Gasteiger partial charge in [-0.1, -0.05) is 0 Å². The molecule has 2 aliphatic carbocycles. The molecule has 1 heterocycles. The van der Waals surface area contributed by atoms with Crippen LogP contribution in [0.1, 0.15) is 61.9 Å². The fourth-order valence-corrected chi connectivity index (χ4v) is 5.07. The van der Waals surface area contributed by atoms with Crippen molar-refractivity contribution in [2.75, 3.05) is 0 Å². The van der Waals surface area contributed by atoms with Gasteiger partial charge in [-0.2, -0.15) is 5.10 Å². The number of aromatic nitrogens is 2. The first kappa shape index (κ1) is 18.4. The van der Waals surface area contributed by atoms with Crippen LogP contribution in [-0.2, 0) is 21.2 Å². The Kier molecular flexibility index (Phi) is 5.48. The third kappa shape index (κ3) is 4.82. The molecule has 3 N–H and O–H groups in total. The molecular formula is C17H28N4O3S. The summed E-state index contributed by atoms with van der Waals surface area (Å²) in [5.41, 5.74) is 3.08. The summed E-state index contributed by atoms with van der Waals surface area (Å²) in [6, 6.07) is -0.00365. The van der Waals surface area contributed by atoms with E-state index in [-0.39, 0.29) is 23.2 Å². The Labute approximate surface area is 149 Å². The number of hydrogen-bond acceptors (Lipinski definition) is 4. The lowest BCUT2D eigenvalue weighted by Gasteiger charge is -2.30. The minimum absolute atomic E-state index is 0.00996. The second-order valence-corrected chi connectivity index (χ2v) is 9.40. The zero-order valence-electron chi connectivity index (χ0n) is 15.0. The number of nitrogens with one attached hydrogen (secondary N) is 3. The highest BCUT2D eigenvalue weighted by molar-refractivity contribution is 7.90. The van der Waals surface area contributed by atoms with Crippen LogP contribution >= 0.6 is 0 Å². The van der Waals surface area contributed by atoms with Gasteiger partial charge in [0.25, 0.3) is 0 Å². The second kappa shape index (κ2) is 7.45. The molecule has 0 spiro atoms. The minimum Gasteiger partial charge on any atom is -0.353 e. The average molecular weight is 369 g/mol. The van der Waals surface area contributed by atoms with E-state index in [1.807, 2.05) is 13.8 Å². The Bertz CT molecular complexity index is 724. The van der Waals surface area contributed by atoms with Crippen LogP contribution in [0.25, 0.3) is 0 Å². The van der Waals surface area contributed by atoms with Gasteiger partial charge in [-0.05, 0) is 57.9 Å². The van der Waals surface area contributed by atoms with E-state index in [2.05, 4.69) is 20.2 Å². The van der Waals surface area contributed by atoms with Gasteiger partial charge in [-0.3, -0.25) is 9.89 Å². The molecule has 3 rings (SSSR count). The molecule has 2 fully saturated rings. The SMILES string of the molecule is Cc1[nH]nc(CCC(=O)N[C@@H]2CCC[C@@H](NS(=O)(=O)C3CC3)C2)c1C. The van der Waals surface area contributed by atoms with Gasteiger partial charge in [0.1, 0.15) is 0 Å². The number of carbonyl (C=O) groups is 1. The monoisotopic (exact) mass is 368 g/mol. The van der Waals surface area contributed by atoms with Crippen LogP contribution in [0.15, 0.2) is 0 Å². The molecule has 25 heavy (non-hydrogen) atoms. The lowest BCUT2D eigenvalue weighted by molar-refractivity contribution is -0.122. The lowest BCUT2D eigenvalue weighted by atomic mass is 9.91. The van der Waals surface area contributed by atoms with Crippen LogP contribution in [-0.4, -0.2) is 41.9 Å². The Morgan fingerprint density at radius 2 is 1.92 bits per heavy atom. The van der Waals surface area contributed by atoms with Gasteiger partial charge in [0.05, 0.1) is 10.9 Å². The van der Waals surface area contributed by atoms with E-state index in [1.54, 1.807) is 0 Å². The quantitative estimate of drug-likeness (QED) is 0.678. The van der Waals surface area contributed by atoms with Gasteiger partial charge in [0.2, 0.25) is 15.9 Å². The van der Waals surface area contributed by atoms with Gasteiger partial charge in [-0.25, -0.2) is 13.1 Å². The standard InChI is InChI=1S/C17H28N4O3S/c1-11-12(2)19-20-16(11)8-9-17(22)18-13-4-3-5-14(10-13)21-25(23,24)15-6-7-15/h13-15,21H,3-10H2,1-2H3,(H,18,22)(H,19,20)/t13-,14-/m1/s1. The maximum Gasteiger partial charge on any atom is 0.220 e. The summed E-state index contributed by atoms with van der Waals surface area (Å²) in [6.07, 6.45) is 5.94. The molecular weight excluding hydrogens is 340 g/mol. The fraction of sp³-hybridized carbons (Fsp3) is 0.765. The van der Waals surface area contributed by atoms with E-state index in [0.717, 1.165) is 49.1 Å². The van der Waals surface area contributed by atoms with Gasteiger partial charge in [0, 0.05) is 30.6 Å². The third-order valence-corrected chi connectivity index (χ3v) is 7.29. The summed E-state index contributed by atoms with van der Waals surface area (Å²) in [7, 11) is -3.16. The number of aryl methyl sites for hydroxylation is 2. The van der Waals surface area contributed by atoms with Crippen LogP contribution in [0, 0.1) is 13.8 Å². The number of aromatic amines is 1. The van der Waals surface area contributed by atoms with E-state index in [9.17, 15) is 13.2 Å². The second-order valence-electron chi connectivity index (χ2n) is 7.41. The number of carbonyl (C=O) groups excluding carboxylic acids is 1. The van der Waals surface area contributed by atoms with Crippen molar-refractivity contribution in [1.82, 2.24) is 20.2 Å². The Balaban J connectivity index is 1.45. The Morgan fingerprint density at radius 1 is 1.20 bits per heavy atom. The zero-order valence-corrected chi connectivity index (χ0v) is 15.8. The predicted octanol–water partition coefficient (Wildman–Crippen LogP) is 1.47. The molecule has 0 saturated heterocycles. The smallest absolute Gasteiger partial charge is 0.220 e. The Morgan fingerprint density at radius 3 is 2.56 bits per heavy atom. The number of hydrogen-bond donors (Lipinski definition) is 3. The van der Waals surface area contributed by atoms with Crippen LogP contribution in [0.2, 0.25) is 0 Å². The molecule has 0 aliphatic heterocycles. The van der Waals surface area contributed by atoms with Gasteiger partial charge in [0.15, 0.2) is 0 Å². The molecule has 0 radical (unpaired) electrons. The van der Waals surface area contributed by atoms with Crippen LogP contribution in [0.4, 0.5) is 0 Å². The summed E-state index contributed by atoms with van der Waals surface area (Å²) in [6.45, 7) is 3.97. The number of rotatable bonds is 7. The van der Waals surface area contributed by atoms with Crippen molar-refractivity contribution in [2.45, 2.75) is 82.5 Å². The van der Waals surface area contributed by atoms with Crippen molar-refractivity contribution >= 4 is 15.9 Å². The van der Waals surface area contributed by atoms with E-state index in [0.29, 0.717) is 19.3 Å². The fourth-order valence-electron chi connectivity index (χ4n) is 3.45. The van der Waals surface area contributed by atoms with Crippen molar-refractivity contribution < 1.29 is 13.2 Å². The van der Waals surface area contributed by atoms with E-state index in [4.69, 9.17) is 0 Å². The van der Waals surface area contributed by atoms with Crippen LogP contribution in [0.5, 0.6) is 0 Å². The average Bonchev–Trinajstić information content (AvgIpc) is 3.35. The van der Waals surface area contributed by atoms with Crippen LogP contribution < -0.4 is 10.0 Å². The summed E-state index contributed by atoms with van der Waals surface area (Å²) in [5, 5.41) is 10.0. The highest BCUT2D eigenvalue weighted by atomic mass is 32.2. The number of amides is 1. The molecule has 0 aromatic carbocycles. The number of sulfonamides is 1. The molecule has 2 saturated carbocycles. The molecule has 2 atom stereocenters. The largest absolute Gasteiger partial charge is 0.353 e. The summed E-state index contributed by atoms with van der Waals surface area (Å²) in [5.74, 6) is 0.00996. The molecule has 0 unspecified atom stereocenters. The molecule has 2 aliphatic rings. The first-order valence-corrected chi connectivity index (χ1v) is 10.7. The minimum atomic E-state index is -3.16. The van der Waals surface area contributed by atoms with Crippen molar-refractivity contribution in [2.24, 2.45) is 0 Å². The van der Waals surface area contributed by atoms with Crippen molar-refractivity contribution in [1.29, 1.82) is 0 Å². The van der Waals surface area contributed by atoms with Gasteiger partial charge in [-0.15, -0.1) is 0 Å². The number of H-pyrrole nitrogens is 1. The summed E-state index contributed by atoms with van der Waals surface area (Å²) < 4.78 is 27.0. The summed E-state index contributed by atoms with van der Waals surface area (Å²) in [4.78, 5) is 12.2. The summed E-state index contributed by atoms with van der Waals surface area (Å²) >= 11 is 0. The third-order valence-electron chi connectivity index (χ3n) is 5.28. The maximum atomic E-state index is 12.2. The van der Waals surface area contributed by atoms with Gasteiger partial charge >= 0.3 is 0 Å². The molecule has 1 amide bonds. The predicted molar refractivity (Wildman–Crippen MR) is 95.6 cm³/mol.